The van der Waals surface area contributed by atoms with Gasteiger partial charge in [0.15, 0.2) is 0 Å². The fourth-order valence-corrected chi connectivity index (χ4v) is 3.02. The number of rotatable bonds is 4. The molecule has 28 heavy (non-hydrogen) atoms. The minimum atomic E-state index is -0.772. The Morgan fingerprint density at radius 3 is 1.25 bits per heavy atom. The highest BCUT2D eigenvalue weighted by Gasteiger charge is 2.15. The molecule has 0 atom stereocenters. The Balaban J connectivity index is 1.58. The van der Waals surface area contributed by atoms with Crippen molar-refractivity contribution in [1.29, 1.82) is 0 Å². The van der Waals surface area contributed by atoms with E-state index in [2.05, 4.69) is 0 Å². The lowest BCUT2D eigenvalue weighted by atomic mass is 10.0. The molecule has 0 unspecified atom stereocenters. The van der Waals surface area contributed by atoms with Gasteiger partial charge in [-0.2, -0.15) is 0 Å². The van der Waals surface area contributed by atoms with Gasteiger partial charge in [0.1, 0.15) is 11.5 Å². The zero-order chi connectivity index (χ0) is 19.2. The molecule has 0 N–H and O–H groups in total. The molecule has 0 saturated carbocycles. The van der Waals surface area contributed by atoms with Crippen LogP contribution in [-0.4, -0.2) is 6.16 Å². The molecule has 0 amide bonds. The molecule has 0 aliphatic heterocycles. The number of hydrogen-bond donors (Lipinski definition) is 0. The van der Waals surface area contributed by atoms with Gasteiger partial charge in [-0.3, -0.25) is 0 Å². The quantitative estimate of drug-likeness (QED) is 0.301. The SMILES string of the molecule is O=C(Oc1ccccc1-c1ccccc1)Oc1ccccc1-c1ccccc1. The Hall–Kier alpha value is -3.85. The molecule has 0 aromatic heterocycles. The highest BCUT2D eigenvalue weighted by atomic mass is 16.7. The summed E-state index contributed by atoms with van der Waals surface area (Å²) in [5.41, 5.74) is 3.60. The van der Waals surface area contributed by atoms with Crippen LogP contribution in [0.3, 0.4) is 0 Å². The standard InChI is InChI=1S/C25H18O3/c26-25(27-23-17-9-7-15-21(23)19-11-3-1-4-12-19)28-24-18-10-8-16-22(24)20-13-5-2-6-14-20/h1-18H. The Labute approximate surface area is 163 Å². The second-order valence-electron chi connectivity index (χ2n) is 6.18. The van der Waals surface area contributed by atoms with Crippen LogP contribution in [0.4, 0.5) is 4.79 Å². The molecule has 3 nitrogen and oxygen atoms in total. The third-order valence-electron chi connectivity index (χ3n) is 4.33. The third-order valence-corrected chi connectivity index (χ3v) is 4.33. The van der Waals surface area contributed by atoms with Crippen LogP contribution < -0.4 is 9.47 Å². The fourth-order valence-electron chi connectivity index (χ4n) is 3.02. The van der Waals surface area contributed by atoms with Crippen LogP contribution in [0.25, 0.3) is 22.3 Å². The van der Waals surface area contributed by atoms with Crippen LogP contribution in [0, 0.1) is 0 Å². The minimum absolute atomic E-state index is 0.455. The van der Waals surface area contributed by atoms with Crippen LogP contribution in [-0.2, 0) is 0 Å². The summed E-state index contributed by atoms with van der Waals surface area (Å²) < 4.78 is 11.1. The van der Waals surface area contributed by atoms with Crippen molar-refractivity contribution in [2.24, 2.45) is 0 Å². The largest absolute Gasteiger partial charge is 0.519 e. The normalized spacial score (nSPS) is 10.3. The topological polar surface area (TPSA) is 35.5 Å². The number of hydrogen-bond acceptors (Lipinski definition) is 3. The van der Waals surface area contributed by atoms with E-state index >= 15 is 0 Å². The summed E-state index contributed by atoms with van der Waals surface area (Å²) >= 11 is 0. The van der Waals surface area contributed by atoms with Crippen LogP contribution in [0.2, 0.25) is 0 Å². The summed E-state index contributed by atoms with van der Waals surface area (Å²) in [4.78, 5) is 12.5. The highest BCUT2D eigenvalue weighted by Crippen LogP contribution is 2.32. The molecule has 0 aliphatic rings. The van der Waals surface area contributed by atoms with Crippen molar-refractivity contribution < 1.29 is 14.3 Å². The zero-order valence-corrected chi connectivity index (χ0v) is 15.1. The Morgan fingerprint density at radius 2 is 0.821 bits per heavy atom. The molecule has 0 bridgehead atoms. The molecule has 4 aromatic carbocycles. The molecule has 0 aliphatic carbocycles. The summed E-state index contributed by atoms with van der Waals surface area (Å²) in [7, 11) is 0. The molecule has 0 heterocycles. The van der Waals surface area contributed by atoms with Crippen LogP contribution >= 0.6 is 0 Å². The molecule has 0 saturated heterocycles. The van der Waals surface area contributed by atoms with E-state index in [1.54, 1.807) is 12.1 Å². The van der Waals surface area contributed by atoms with Gasteiger partial charge in [-0.25, -0.2) is 4.79 Å². The lowest BCUT2D eigenvalue weighted by Crippen LogP contribution is -2.14. The van der Waals surface area contributed by atoms with Gasteiger partial charge in [0.2, 0.25) is 0 Å². The first-order valence-electron chi connectivity index (χ1n) is 9.00. The van der Waals surface area contributed by atoms with Gasteiger partial charge < -0.3 is 9.47 Å². The van der Waals surface area contributed by atoms with E-state index in [-0.39, 0.29) is 0 Å². The molecule has 3 heteroatoms. The summed E-state index contributed by atoms with van der Waals surface area (Å²) in [5.74, 6) is 0.909. The molecule has 0 spiro atoms. The maximum absolute atomic E-state index is 12.5. The summed E-state index contributed by atoms with van der Waals surface area (Å²) in [6.07, 6.45) is -0.772. The van der Waals surface area contributed by atoms with E-state index < -0.39 is 6.16 Å². The van der Waals surface area contributed by atoms with E-state index in [1.807, 2.05) is 97.1 Å². The smallest absolute Gasteiger partial charge is 0.394 e. The van der Waals surface area contributed by atoms with E-state index in [4.69, 9.17) is 9.47 Å². The van der Waals surface area contributed by atoms with Gasteiger partial charge in [0, 0.05) is 11.1 Å². The van der Waals surface area contributed by atoms with E-state index in [0.29, 0.717) is 11.5 Å². The van der Waals surface area contributed by atoms with Crippen molar-refractivity contribution in [3.05, 3.63) is 109 Å². The average molecular weight is 366 g/mol. The van der Waals surface area contributed by atoms with Gasteiger partial charge in [0.05, 0.1) is 0 Å². The first-order valence-corrected chi connectivity index (χ1v) is 9.00. The zero-order valence-electron chi connectivity index (χ0n) is 15.1. The number of benzene rings is 4. The Kier molecular flexibility index (Phi) is 5.16. The van der Waals surface area contributed by atoms with Crippen molar-refractivity contribution in [3.8, 4) is 33.8 Å². The Bertz CT molecular complexity index is 986. The maximum atomic E-state index is 12.5. The number of carbonyl (C=O) groups is 1. The molecular weight excluding hydrogens is 348 g/mol. The predicted octanol–water partition coefficient (Wildman–Crippen LogP) is 6.60. The summed E-state index contributed by atoms with van der Waals surface area (Å²) in [5, 5.41) is 0. The van der Waals surface area contributed by atoms with Crippen LogP contribution in [0.5, 0.6) is 11.5 Å². The van der Waals surface area contributed by atoms with Crippen molar-refractivity contribution in [1.82, 2.24) is 0 Å². The molecule has 0 radical (unpaired) electrons. The number of carbonyl (C=O) groups excluding carboxylic acids is 1. The van der Waals surface area contributed by atoms with Crippen molar-refractivity contribution in [2.45, 2.75) is 0 Å². The van der Waals surface area contributed by atoms with Crippen LogP contribution in [0.1, 0.15) is 0 Å². The first-order chi connectivity index (χ1) is 13.8. The van der Waals surface area contributed by atoms with Gasteiger partial charge in [-0.1, -0.05) is 97.1 Å². The van der Waals surface area contributed by atoms with Gasteiger partial charge in [-0.15, -0.1) is 0 Å². The molecule has 4 rings (SSSR count). The van der Waals surface area contributed by atoms with Gasteiger partial charge in [-0.05, 0) is 23.3 Å². The third kappa shape index (κ3) is 3.94. The van der Waals surface area contributed by atoms with Crippen LogP contribution in [0.15, 0.2) is 109 Å². The van der Waals surface area contributed by atoms with Crippen molar-refractivity contribution in [2.75, 3.05) is 0 Å². The molecule has 4 aromatic rings. The Morgan fingerprint density at radius 1 is 0.464 bits per heavy atom. The fraction of sp³-hybridized carbons (Fsp3) is 0. The average Bonchev–Trinajstić information content (AvgIpc) is 2.76. The minimum Gasteiger partial charge on any atom is -0.394 e. The summed E-state index contributed by atoms with van der Waals surface area (Å²) in [6.45, 7) is 0. The molecule has 136 valence electrons. The first kappa shape index (κ1) is 17.6. The maximum Gasteiger partial charge on any atom is 0.519 e. The summed E-state index contributed by atoms with van der Waals surface area (Å²) in [6, 6.07) is 34.4. The number of para-hydroxylation sites is 2. The van der Waals surface area contributed by atoms with Crippen molar-refractivity contribution in [3.63, 3.8) is 0 Å². The monoisotopic (exact) mass is 366 g/mol. The lowest BCUT2D eigenvalue weighted by Gasteiger charge is -2.12. The second kappa shape index (κ2) is 8.23. The van der Waals surface area contributed by atoms with Gasteiger partial charge in [0.25, 0.3) is 0 Å². The molecular formula is C25H18O3. The second-order valence-corrected chi connectivity index (χ2v) is 6.18. The molecule has 0 fully saturated rings. The van der Waals surface area contributed by atoms with Gasteiger partial charge >= 0.3 is 6.16 Å². The van der Waals surface area contributed by atoms with E-state index in [9.17, 15) is 4.79 Å². The van der Waals surface area contributed by atoms with E-state index in [0.717, 1.165) is 22.3 Å². The lowest BCUT2D eigenvalue weighted by molar-refractivity contribution is 0.152. The van der Waals surface area contributed by atoms with E-state index in [1.165, 1.54) is 0 Å². The van der Waals surface area contributed by atoms with Crippen molar-refractivity contribution >= 4 is 6.16 Å². The predicted molar refractivity (Wildman–Crippen MR) is 110 cm³/mol. The number of ether oxygens (including phenoxy) is 2. The highest BCUT2D eigenvalue weighted by molar-refractivity contribution is 5.78.